The second-order valence-electron chi connectivity index (χ2n) is 10.6. The number of methoxy groups -OCH3 is 1. The molecule has 0 N–H and O–H groups in total. The fourth-order valence-corrected chi connectivity index (χ4v) is 7.88. The van der Waals surface area contributed by atoms with E-state index in [1.807, 2.05) is 59.2 Å². The lowest BCUT2D eigenvalue weighted by molar-refractivity contribution is 0.282. The molecule has 2 heterocycles. The van der Waals surface area contributed by atoms with Gasteiger partial charge >= 0.3 is 0 Å². The molecule has 0 saturated heterocycles. The van der Waals surface area contributed by atoms with Crippen LogP contribution < -0.4 is 24.4 Å². The van der Waals surface area contributed by atoms with E-state index in [2.05, 4.69) is 68.3 Å². The lowest BCUT2D eigenvalue weighted by atomic mass is 9.83. The van der Waals surface area contributed by atoms with Gasteiger partial charge in [-0.05, 0) is 87.4 Å². The van der Waals surface area contributed by atoms with E-state index in [-0.39, 0.29) is 18.2 Å². The first-order valence-electron chi connectivity index (χ1n) is 14.0. The molecule has 1 aliphatic carbocycles. The first-order chi connectivity index (χ1) is 21.4. The fourth-order valence-electron chi connectivity index (χ4n) is 5.85. The van der Waals surface area contributed by atoms with Crippen molar-refractivity contribution in [1.29, 1.82) is 0 Å². The highest BCUT2D eigenvalue weighted by molar-refractivity contribution is 9.10. The van der Waals surface area contributed by atoms with E-state index in [0.717, 1.165) is 45.3 Å². The largest absolute Gasteiger partial charge is 0.493 e. The van der Waals surface area contributed by atoms with E-state index in [1.165, 1.54) is 22.5 Å². The van der Waals surface area contributed by atoms with Crippen molar-refractivity contribution in [1.82, 2.24) is 4.57 Å². The molecule has 5 nitrogen and oxygen atoms in total. The van der Waals surface area contributed by atoms with Gasteiger partial charge in [-0.2, -0.15) is 0 Å². The van der Waals surface area contributed by atoms with Gasteiger partial charge in [0.2, 0.25) is 0 Å². The molecule has 0 spiro atoms. The number of nitrogens with zero attached hydrogens (tertiary/aromatic N) is 2. The maximum atomic E-state index is 14.2. The number of benzene rings is 4. The third kappa shape index (κ3) is 5.38. The third-order valence-corrected chi connectivity index (χ3v) is 10.4. The summed E-state index contributed by atoms with van der Waals surface area (Å²) in [5.41, 5.74) is 7.27. The summed E-state index contributed by atoms with van der Waals surface area (Å²) in [6, 6.07) is 27.8. The van der Waals surface area contributed by atoms with E-state index in [9.17, 15) is 4.79 Å². The summed E-state index contributed by atoms with van der Waals surface area (Å²) < 4.78 is 16.0. The Morgan fingerprint density at radius 1 is 1.02 bits per heavy atom. The maximum Gasteiger partial charge on any atom is 0.271 e. The van der Waals surface area contributed by atoms with Crippen LogP contribution in [0.3, 0.4) is 0 Å². The summed E-state index contributed by atoms with van der Waals surface area (Å²) in [4.78, 5) is 20.0. The van der Waals surface area contributed by atoms with Gasteiger partial charge in [-0.25, -0.2) is 4.99 Å². The Balaban J connectivity index is 1.33. The number of aromatic nitrogens is 1. The fraction of sp³-hybridized carbons (Fsp3) is 0.143. The molecule has 9 heteroatoms. The Kier molecular flexibility index (Phi) is 8.10. The van der Waals surface area contributed by atoms with E-state index in [4.69, 9.17) is 26.1 Å². The molecule has 0 fully saturated rings. The number of hydrogen-bond acceptors (Lipinski definition) is 5. The van der Waals surface area contributed by atoms with Gasteiger partial charge in [-0.1, -0.05) is 93.5 Å². The lowest BCUT2D eigenvalue weighted by Crippen LogP contribution is -2.38. The van der Waals surface area contributed by atoms with Crippen molar-refractivity contribution in [2.75, 3.05) is 7.11 Å². The highest BCUT2D eigenvalue weighted by Crippen LogP contribution is 2.41. The molecule has 0 amide bonds. The minimum Gasteiger partial charge on any atom is -0.493 e. The minimum absolute atomic E-state index is 0.0683. The zero-order valence-electron chi connectivity index (χ0n) is 23.5. The van der Waals surface area contributed by atoms with E-state index < -0.39 is 0 Å². The number of allylic oxidation sites excluding steroid dienone is 1. The van der Waals surface area contributed by atoms with Crippen molar-refractivity contribution < 1.29 is 9.47 Å². The lowest BCUT2D eigenvalue weighted by Gasteiger charge is -2.30. The normalized spacial score (nSPS) is 15.7. The van der Waals surface area contributed by atoms with Crippen LogP contribution in [0.2, 0.25) is 5.02 Å². The van der Waals surface area contributed by atoms with Crippen LogP contribution in [0.15, 0.2) is 109 Å². The molecule has 4 aromatic carbocycles. The van der Waals surface area contributed by atoms with Crippen molar-refractivity contribution in [2.45, 2.75) is 25.5 Å². The second-order valence-corrected chi connectivity index (χ2v) is 13.8. The first kappa shape index (κ1) is 29.3. The van der Waals surface area contributed by atoms with Crippen molar-refractivity contribution >= 4 is 66.6 Å². The molecule has 44 heavy (non-hydrogen) atoms. The van der Waals surface area contributed by atoms with Gasteiger partial charge in [-0.15, -0.1) is 0 Å². The van der Waals surface area contributed by atoms with Gasteiger partial charge in [0.25, 0.3) is 5.56 Å². The number of rotatable bonds is 6. The molecule has 0 radical (unpaired) electrons. The van der Waals surface area contributed by atoms with Crippen molar-refractivity contribution in [3.63, 3.8) is 0 Å². The van der Waals surface area contributed by atoms with Crippen LogP contribution in [0.4, 0.5) is 0 Å². The van der Waals surface area contributed by atoms with Gasteiger partial charge in [0.05, 0.1) is 27.9 Å². The predicted molar refractivity (Wildman–Crippen MR) is 183 cm³/mol. The topological polar surface area (TPSA) is 52.8 Å². The highest BCUT2D eigenvalue weighted by Gasteiger charge is 2.32. The third-order valence-electron chi connectivity index (χ3n) is 7.94. The van der Waals surface area contributed by atoms with Crippen molar-refractivity contribution in [2.24, 2.45) is 4.99 Å². The Labute approximate surface area is 280 Å². The van der Waals surface area contributed by atoms with Crippen molar-refractivity contribution in [3.05, 3.63) is 152 Å². The molecule has 1 aliphatic heterocycles. The summed E-state index contributed by atoms with van der Waals surface area (Å²) in [6.07, 6.45) is 3.66. The van der Waals surface area contributed by atoms with Gasteiger partial charge in [0.1, 0.15) is 6.61 Å². The Morgan fingerprint density at radius 2 is 1.80 bits per heavy atom. The van der Waals surface area contributed by atoms with Gasteiger partial charge in [-0.3, -0.25) is 9.36 Å². The van der Waals surface area contributed by atoms with Gasteiger partial charge in [0, 0.05) is 20.6 Å². The van der Waals surface area contributed by atoms with E-state index >= 15 is 0 Å². The minimum atomic E-state index is -0.230. The Bertz CT molecular complexity index is 2140. The number of halogens is 3. The van der Waals surface area contributed by atoms with Gasteiger partial charge in [0.15, 0.2) is 16.3 Å². The maximum absolute atomic E-state index is 14.2. The first-order valence-corrected chi connectivity index (χ1v) is 16.8. The van der Waals surface area contributed by atoms with Crippen molar-refractivity contribution in [3.8, 4) is 11.5 Å². The molecule has 5 aromatic rings. The van der Waals surface area contributed by atoms with Crippen LogP contribution in [-0.2, 0) is 13.0 Å². The van der Waals surface area contributed by atoms with Crippen LogP contribution in [0.5, 0.6) is 11.5 Å². The monoisotopic (exact) mass is 746 g/mol. The number of thiazole rings is 1. The molecule has 0 saturated carbocycles. The predicted octanol–water partition coefficient (Wildman–Crippen LogP) is 8.08. The molecule has 7 rings (SSSR count). The van der Waals surface area contributed by atoms with E-state index in [1.54, 1.807) is 7.11 Å². The average molecular weight is 749 g/mol. The molecular formula is C35H25Br2ClN2O3S. The molecule has 0 unspecified atom stereocenters. The molecule has 220 valence electrons. The second kappa shape index (κ2) is 12.2. The SMILES string of the molecule is COc1cc(/C=c2\sc3n(c2=O)[C@H](c2ccc(Br)cc2)C2=C(N=3)c3ccccc3CC2)cc(Br)c1OCc1ccccc1Cl. The number of aryl methyl sites for hydroxylation is 1. The molecular weight excluding hydrogens is 724 g/mol. The summed E-state index contributed by atoms with van der Waals surface area (Å²) in [7, 11) is 1.60. The number of hydrogen-bond donors (Lipinski definition) is 0. The standard InChI is InChI=1S/C35H25Br2ClN2O3S/c1-42-29-17-20(16-27(37)33(29)43-19-23-7-3-5-9-28(23)38)18-30-34(41)40-32(22-10-13-24(36)14-11-22)26-15-12-21-6-2-4-8-25(21)31(26)39-35(40)44-30/h2-11,13-14,16-18,32H,12,15,19H2,1H3/b30-18-/t32-/m1/s1. The van der Waals surface area contributed by atoms with Crippen LogP contribution in [0.1, 0.15) is 40.3 Å². The summed E-state index contributed by atoms with van der Waals surface area (Å²) >= 11 is 15.0. The molecule has 1 aromatic heterocycles. The quantitative estimate of drug-likeness (QED) is 0.177. The zero-order chi connectivity index (χ0) is 30.4. The summed E-state index contributed by atoms with van der Waals surface area (Å²) in [5, 5.41) is 0.640. The number of ether oxygens (including phenoxy) is 2. The highest BCUT2D eigenvalue weighted by atomic mass is 79.9. The smallest absolute Gasteiger partial charge is 0.271 e. The van der Waals surface area contributed by atoms with Crippen LogP contribution >= 0.6 is 54.8 Å². The summed E-state index contributed by atoms with van der Waals surface area (Å²) in [5.74, 6) is 1.11. The van der Waals surface area contributed by atoms with Gasteiger partial charge < -0.3 is 9.47 Å². The van der Waals surface area contributed by atoms with Crippen LogP contribution in [0, 0.1) is 0 Å². The Hall–Kier alpha value is -3.43. The number of fused-ring (bicyclic) bond motifs is 3. The molecule has 1 atom stereocenters. The van der Waals surface area contributed by atoms with Crippen LogP contribution in [0.25, 0.3) is 11.8 Å². The molecule has 2 aliphatic rings. The molecule has 0 bridgehead atoms. The summed E-state index contributed by atoms with van der Waals surface area (Å²) in [6.45, 7) is 0.288. The Morgan fingerprint density at radius 3 is 2.59 bits per heavy atom. The van der Waals surface area contributed by atoms with E-state index in [0.29, 0.717) is 30.3 Å². The average Bonchev–Trinajstić information content (AvgIpc) is 3.34. The zero-order valence-corrected chi connectivity index (χ0v) is 28.3. The van der Waals surface area contributed by atoms with Crippen LogP contribution in [-0.4, -0.2) is 11.7 Å².